The van der Waals surface area contributed by atoms with Crippen molar-refractivity contribution in [3.05, 3.63) is 75.0 Å². The van der Waals surface area contributed by atoms with E-state index in [9.17, 15) is 9.59 Å². The molecule has 0 saturated heterocycles. The van der Waals surface area contributed by atoms with Crippen LogP contribution in [0.25, 0.3) is 0 Å². The van der Waals surface area contributed by atoms with Gasteiger partial charge >= 0.3 is 5.97 Å². The molecule has 0 bridgehead atoms. The number of esters is 1. The van der Waals surface area contributed by atoms with E-state index >= 15 is 0 Å². The maximum Gasteiger partial charge on any atom is 0.340 e. The fourth-order valence-corrected chi connectivity index (χ4v) is 3.45. The number of benzene rings is 1. The summed E-state index contributed by atoms with van der Waals surface area (Å²) < 4.78 is 12.5. The van der Waals surface area contributed by atoms with Crippen LogP contribution < -0.4 is 16.0 Å². The van der Waals surface area contributed by atoms with E-state index in [0.717, 1.165) is 24.1 Å². The first-order valence-electron chi connectivity index (χ1n) is 9.11. The van der Waals surface area contributed by atoms with Gasteiger partial charge in [-0.1, -0.05) is 43.7 Å². The van der Waals surface area contributed by atoms with Gasteiger partial charge in [0.05, 0.1) is 18.1 Å². The first kappa shape index (κ1) is 18.8. The van der Waals surface area contributed by atoms with Crippen LogP contribution in [-0.4, -0.2) is 17.1 Å². The highest BCUT2D eigenvalue weighted by Gasteiger charge is 2.38. The van der Waals surface area contributed by atoms with E-state index in [0.29, 0.717) is 11.3 Å². The first-order valence-corrected chi connectivity index (χ1v) is 9.11. The second-order valence-corrected chi connectivity index (χ2v) is 6.47. The summed E-state index contributed by atoms with van der Waals surface area (Å²) in [6, 6.07) is 11.2. The average molecular weight is 368 g/mol. The average Bonchev–Trinajstić information content (AvgIpc) is 2.66. The minimum absolute atomic E-state index is 0.0227. The highest BCUT2D eigenvalue weighted by atomic mass is 16.5. The zero-order valence-corrected chi connectivity index (χ0v) is 15.8. The summed E-state index contributed by atoms with van der Waals surface area (Å²) in [6.45, 7) is 3.97. The number of ether oxygens (including phenoxy) is 2. The van der Waals surface area contributed by atoms with Crippen molar-refractivity contribution in [3.8, 4) is 5.75 Å². The molecule has 2 aromatic rings. The van der Waals surface area contributed by atoms with Gasteiger partial charge in [0.1, 0.15) is 11.3 Å². The van der Waals surface area contributed by atoms with Crippen molar-refractivity contribution in [3.63, 3.8) is 0 Å². The van der Waals surface area contributed by atoms with Crippen LogP contribution >= 0.6 is 0 Å². The molecule has 142 valence electrons. The van der Waals surface area contributed by atoms with Crippen LogP contribution in [0.1, 0.15) is 43.0 Å². The summed E-state index contributed by atoms with van der Waals surface area (Å²) in [5.74, 6) is -0.830. The van der Waals surface area contributed by atoms with Gasteiger partial charge in [-0.3, -0.25) is 4.79 Å². The Kier molecular flexibility index (Phi) is 5.35. The molecule has 0 amide bonds. The minimum atomic E-state index is -0.636. The lowest BCUT2D eigenvalue weighted by molar-refractivity contribution is -0.139. The monoisotopic (exact) mass is 368 g/mol. The molecule has 2 N–H and O–H groups in total. The Hall–Kier alpha value is -3.02. The highest BCUT2D eigenvalue weighted by Crippen LogP contribution is 2.41. The van der Waals surface area contributed by atoms with Crippen LogP contribution in [0, 0.1) is 0 Å². The molecular formula is C21H24N2O4. The number of hydrogen-bond donors (Lipinski definition) is 1. The maximum absolute atomic E-state index is 13.2. The molecule has 1 atom stereocenters. The number of nitrogens with two attached hydrogens (primary N) is 1. The molecule has 0 saturated carbocycles. The molecule has 1 aromatic heterocycles. The predicted octanol–water partition coefficient (Wildman–Crippen LogP) is 2.60. The lowest BCUT2D eigenvalue weighted by Gasteiger charge is -2.29. The number of carbonyl (C=O) groups excluding carboxylic acids is 1. The summed E-state index contributed by atoms with van der Waals surface area (Å²) in [5, 5.41) is 0. The van der Waals surface area contributed by atoms with Crippen molar-refractivity contribution in [1.82, 2.24) is 4.57 Å². The molecule has 6 heteroatoms. The van der Waals surface area contributed by atoms with E-state index in [-0.39, 0.29) is 23.6 Å². The Morgan fingerprint density at radius 2 is 1.96 bits per heavy atom. The first-order chi connectivity index (χ1) is 13.0. The lowest BCUT2D eigenvalue weighted by atomic mass is 9.83. The summed E-state index contributed by atoms with van der Waals surface area (Å²) in [7, 11) is 1.74. The van der Waals surface area contributed by atoms with Crippen LogP contribution in [0.3, 0.4) is 0 Å². The van der Waals surface area contributed by atoms with Gasteiger partial charge in [0, 0.05) is 18.8 Å². The molecule has 0 spiro atoms. The van der Waals surface area contributed by atoms with Gasteiger partial charge in [-0.2, -0.15) is 0 Å². The standard InChI is InChI=1S/C21H24N2O4/c1-4-9-14-12-15-17(20(24)23(14)3)16(13-10-7-6-8-11-13)18(19(22)27-15)21(25)26-5-2/h6-8,10-12,16H,4-5,9,22H2,1-3H3. The molecule has 3 rings (SSSR count). The molecule has 1 aromatic carbocycles. The third kappa shape index (κ3) is 3.35. The van der Waals surface area contributed by atoms with Crippen LogP contribution in [0.5, 0.6) is 5.75 Å². The van der Waals surface area contributed by atoms with E-state index < -0.39 is 11.9 Å². The largest absolute Gasteiger partial charge is 0.462 e. The Morgan fingerprint density at radius 1 is 1.26 bits per heavy atom. The van der Waals surface area contributed by atoms with Gasteiger partial charge in [-0.25, -0.2) is 4.79 Å². The van der Waals surface area contributed by atoms with Gasteiger partial charge in [0.25, 0.3) is 5.56 Å². The quantitative estimate of drug-likeness (QED) is 0.820. The number of hydrogen-bond acceptors (Lipinski definition) is 5. The van der Waals surface area contributed by atoms with Crippen LogP contribution in [0.15, 0.2) is 52.6 Å². The van der Waals surface area contributed by atoms with Crippen molar-refractivity contribution in [2.45, 2.75) is 32.6 Å². The maximum atomic E-state index is 13.2. The summed E-state index contributed by atoms with van der Waals surface area (Å²) in [4.78, 5) is 25.8. The van der Waals surface area contributed by atoms with E-state index in [1.807, 2.05) is 43.3 Å². The van der Waals surface area contributed by atoms with Gasteiger partial charge in [-0.05, 0) is 18.9 Å². The van der Waals surface area contributed by atoms with E-state index in [1.165, 1.54) is 0 Å². The van der Waals surface area contributed by atoms with Crippen molar-refractivity contribution in [2.75, 3.05) is 6.61 Å². The molecule has 1 aliphatic rings. The smallest absolute Gasteiger partial charge is 0.340 e. The second kappa shape index (κ2) is 7.70. The van der Waals surface area contributed by atoms with Gasteiger partial charge < -0.3 is 19.8 Å². The third-order valence-corrected chi connectivity index (χ3v) is 4.73. The Morgan fingerprint density at radius 3 is 2.59 bits per heavy atom. The number of aromatic nitrogens is 1. The van der Waals surface area contributed by atoms with E-state index in [4.69, 9.17) is 15.2 Å². The number of fused-ring (bicyclic) bond motifs is 1. The molecule has 0 fully saturated rings. The third-order valence-electron chi connectivity index (χ3n) is 4.73. The molecule has 27 heavy (non-hydrogen) atoms. The van der Waals surface area contributed by atoms with Crippen LogP contribution in [0.4, 0.5) is 0 Å². The number of pyridine rings is 1. The van der Waals surface area contributed by atoms with E-state index in [2.05, 4.69) is 0 Å². The number of aryl methyl sites for hydroxylation is 1. The Bertz CT molecular complexity index is 945. The van der Waals surface area contributed by atoms with Gasteiger partial charge in [0.15, 0.2) is 0 Å². The zero-order chi connectivity index (χ0) is 19.6. The molecule has 2 heterocycles. The van der Waals surface area contributed by atoms with Gasteiger partial charge in [0.2, 0.25) is 5.88 Å². The molecule has 1 unspecified atom stereocenters. The van der Waals surface area contributed by atoms with Crippen molar-refractivity contribution in [1.29, 1.82) is 0 Å². The van der Waals surface area contributed by atoms with E-state index in [1.54, 1.807) is 18.5 Å². The second-order valence-electron chi connectivity index (χ2n) is 6.47. The zero-order valence-electron chi connectivity index (χ0n) is 15.8. The molecule has 0 aliphatic carbocycles. The fraction of sp³-hybridized carbons (Fsp3) is 0.333. The normalized spacial score (nSPS) is 15.9. The fourth-order valence-electron chi connectivity index (χ4n) is 3.45. The summed E-state index contributed by atoms with van der Waals surface area (Å²) in [6.07, 6.45) is 1.64. The number of carbonyl (C=O) groups is 1. The molecular weight excluding hydrogens is 344 g/mol. The topological polar surface area (TPSA) is 83.5 Å². The molecule has 1 aliphatic heterocycles. The molecule has 6 nitrogen and oxygen atoms in total. The van der Waals surface area contributed by atoms with Crippen molar-refractivity contribution >= 4 is 5.97 Å². The van der Waals surface area contributed by atoms with Crippen molar-refractivity contribution in [2.24, 2.45) is 12.8 Å². The van der Waals surface area contributed by atoms with Crippen LogP contribution in [-0.2, 0) is 23.0 Å². The predicted molar refractivity (Wildman–Crippen MR) is 102 cm³/mol. The van der Waals surface area contributed by atoms with Crippen LogP contribution in [0.2, 0.25) is 0 Å². The highest BCUT2D eigenvalue weighted by molar-refractivity contribution is 5.92. The van der Waals surface area contributed by atoms with Gasteiger partial charge in [-0.15, -0.1) is 0 Å². The minimum Gasteiger partial charge on any atom is -0.462 e. The molecule has 0 radical (unpaired) electrons. The lowest BCUT2D eigenvalue weighted by Crippen LogP contribution is -2.34. The summed E-state index contributed by atoms with van der Waals surface area (Å²) >= 11 is 0. The Labute approximate surface area is 158 Å². The number of nitrogens with zero attached hydrogens (tertiary/aromatic N) is 1. The Balaban J connectivity index is 2.27. The number of rotatable bonds is 5. The van der Waals surface area contributed by atoms with Crippen molar-refractivity contribution < 1.29 is 14.3 Å². The SMILES string of the molecule is CCCc1cc2c(c(=O)n1C)C(c1ccccc1)C(C(=O)OCC)=C(N)O2. The summed E-state index contributed by atoms with van der Waals surface area (Å²) in [5.41, 5.74) is 8.13.